The summed E-state index contributed by atoms with van der Waals surface area (Å²) in [6, 6.07) is 2.34. The summed E-state index contributed by atoms with van der Waals surface area (Å²) in [5.41, 5.74) is 8.13. The molecule has 6 nitrogen and oxygen atoms in total. The quantitative estimate of drug-likeness (QED) is 0.563. The average Bonchev–Trinajstić information content (AvgIpc) is 3.15. The molecule has 3 aromatic rings. The number of piperidine rings is 1. The lowest BCUT2D eigenvalue weighted by molar-refractivity contribution is 0.160. The number of aromatic nitrogens is 4. The van der Waals surface area contributed by atoms with E-state index in [-0.39, 0.29) is 28.1 Å². The standard InChI is InChI=1S/C23H28F2N6/c1-12-19(16-7-17(24)15(6-18(16)25)14-10-27-28-11-14)30-20(21(26)29-12)13-8-22(2,3)31-23(4,5)9-13/h6-7,10-11,13,31H,8-9H2,1-5H3,(H2,26,29)(H,27,28). The number of anilines is 1. The van der Waals surface area contributed by atoms with E-state index in [2.05, 4.69) is 48.2 Å². The first-order chi connectivity index (χ1) is 14.5. The van der Waals surface area contributed by atoms with Gasteiger partial charge < -0.3 is 11.1 Å². The predicted molar refractivity (Wildman–Crippen MR) is 117 cm³/mol. The van der Waals surface area contributed by atoms with Crippen LogP contribution in [-0.2, 0) is 0 Å². The van der Waals surface area contributed by atoms with Gasteiger partial charge in [-0.3, -0.25) is 5.10 Å². The monoisotopic (exact) mass is 426 g/mol. The van der Waals surface area contributed by atoms with Gasteiger partial charge in [0.1, 0.15) is 17.5 Å². The Morgan fingerprint density at radius 3 is 2.23 bits per heavy atom. The third-order valence-corrected chi connectivity index (χ3v) is 5.82. The molecule has 0 spiro atoms. The van der Waals surface area contributed by atoms with Crippen LogP contribution in [0.15, 0.2) is 24.5 Å². The smallest absolute Gasteiger partial charge is 0.145 e. The molecule has 0 saturated carbocycles. The molecule has 1 aliphatic heterocycles. The van der Waals surface area contributed by atoms with Crippen molar-refractivity contribution in [2.45, 2.75) is 64.5 Å². The molecule has 31 heavy (non-hydrogen) atoms. The number of rotatable bonds is 3. The normalized spacial score (nSPS) is 18.3. The van der Waals surface area contributed by atoms with Crippen molar-refractivity contribution < 1.29 is 8.78 Å². The van der Waals surface area contributed by atoms with Crippen molar-refractivity contribution >= 4 is 5.82 Å². The maximum atomic E-state index is 15.1. The van der Waals surface area contributed by atoms with Crippen molar-refractivity contribution in [3.8, 4) is 22.4 Å². The van der Waals surface area contributed by atoms with Gasteiger partial charge in [-0.2, -0.15) is 5.10 Å². The van der Waals surface area contributed by atoms with Crippen molar-refractivity contribution in [2.75, 3.05) is 5.73 Å². The number of halogens is 2. The lowest BCUT2D eigenvalue weighted by Crippen LogP contribution is -2.57. The minimum atomic E-state index is -0.573. The summed E-state index contributed by atoms with van der Waals surface area (Å²) in [5.74, 6) is -0.731. The van der Waals surface area contributed by atoms with Crippen LogP contribution in [0.2, 0.25) is 0 Å². The van der Waals surface area contributed by atoms with E-state index in [4.69, 9.17) is 10.7 Å². The van der Waals surface area contributed by atoms with Gasteiger partial charge in [0.25, 0.3) is 0 Å². The summed E-state index contributed by atoms with van der Waals surface area (Å²) in [5, 5.41) is 10.1. The summed E-state index contributed by atoms with van der Waals surface area (Å²) in [4.78, 5) is 9.21. The number of nitrogen functional groups attached to an aromatic ring is 1. The lowest BCUT2D eigenvalue weighted by atomic mass is 9.74. The first-order valence-corrected chi connectivity index (χ1v) is 10.4. The zero-order chi connectivity index (χ0) is 22.6. The summed E-state index contributed by atoms with van der Waals surface area (Å²) in [6.07, 6.45) is 4.59. The molecule has 0 radical (unpaired) electrons. The van der Waals surface area contributed by atoms with Crippen molar-refractivity contribution in [1.82, 2.24) is 25.5 Å². The van der Waals surface area contributed by atoms with Crippen LogP contribution in [0.3, 0.4) is 0 Å². The highest BCUT2D eigenvalue weighted by atomic mass is 19.1. The zero-order valence-corrected chi connectivity index (χ0v) is 18.5. The molecule has 164 valence electrons. The van der Waals surface area contributed by atoms with Crippen molar-refractivity contribution in [1.29, 1.82) is 0 Å². The third kappa shape index (κ3) is 4.17. The molecule has 4 N–H and O–H groups in total. The van der Waals surface area contributed by atoms with Gasteiger partial charge in [0, 0.05) is 39.9 Å². The molecule has 1 saturated heterocycles. The Bertz CT molecular complexity index is 1110. The van der Waals surface area contributed by atoms with Crippen LogP contribution in [0.1, 0.15) is 57.8 Å². The second-order valence-corrected chi connectivity index (χ2v) is 9.72. The number of aromatic amines is 1. The molecular weight excluding hydrogens is 398 g/mol. The average molecular weight is 427 g/mol. The van der Waals surface area contributed by atoms with Gasteiger partial charge in [-0.25, -0.2) is 18.7 Å². The van der Waals surface area contributed by atoms with E-state index in [0.29, 0.717) is 28.5 Å². The van der Waals surface area contributed by atoms with Gasteiger partial charge in [0.05, 0.1) is 23.3 Å². The summed E-state index contributed by atoms with van der Waals surface area (Å²) in [7, 11) is 0. The highest BCUT2D eigenvalue weighted by Gasteiger charge is 2.40. The summed E-state index contributed by atoms with van der Waals surface area (Å²) >= 11 is 0. The molecule has 0 aliphatic carbocycles. The zero-order valence-electron chi connectivity index (χ0n) is 18.5. The van der Waals surface area contributed by atoms with Crippen molar-refractivity contribution in [2.24, 2.45) is 0 Å². The molecule has 1 fully saturated rings. The molecule has 2 aromatic heterocycles. The number of hydrogen-bond acceptors (Lipinski definition) is 5. The van der Waals surface area contributed by atoms with E-state index in [0.717, 1.165) is 12.8 Å². The van der Waals surface area contributed by atoms with Crippen molar-refractivity contribution in [3.63, 3.8) is 0 Å². The molecule has 4 rings (SSSR count). The maximum absolute atomic E-state index is 15.1. The van der Waals surface area contributed by atoms with Gasteiger partial charge in [0.15, 0.2) is 0 Å². The van der Waals surface area contributed by atoms with E-state index in [1.54, 1.807) is 6.92 Å². The van der Waals surface area contributed by atoms with Gasteiger partial charge in [-0.15, -0.1) is 0 Å². The number of H-pyrrole nitrogens is 1. The second kappa shape index (κ2) is 7.37. The maximum Gasteiger partial charge on any atom is 0.145 e. The number of hydrogen-bond donors (Lipinski definition) is 3. The molecule has 1 aliphatic rings. The van der Waals surface area contributed by atoms with Gasteiger partial charge in [0.2, 0.25) is 0 Å². The van der Waals surface area contributed by atoms with E-state index >= 15 is 4.39 Å². The highest BCUT2D eigenvalue weighted by molar-refractivity contribution is 5.71. The Morgan fingerprint density at radius 1 is 1.00 bits per heavy atom. The molecule has 3 heterocycles. The Kier molecular flexibility index (Phi) is 5.08. The molecule has 0 atom stereocenters. The van der Waals surface area contributed by atoms with Crippen LogP contribution in [0, 0.1) is 18.6 Å². The highest BCUT2D eigenvalue weighted by Crippen LogP contribution is 2.41. The first kappa shape index (κ1) is 21.4. The van der Waals surface area contributed by atoms with Crippen molar-refractivity contribution in [3.05, 3.63) is 47.5 Å². The number of aryl methyl sites for hydroxylation is 1. The molecule has 0 amide bonds. The largest absolute Gasteiger partial charge is 0.382 e. The number of nitrogens with one attached hydrogen (secondary N) is 2. The Hall–Kier alpha value is -2.87. The summed E-state index contributed by atoms with van der Waals surface area (Å²) < 4.78 is 30.0. The molecule has 8 heteroatoms. The van der Waals surface area contributed by atoms with E-state index in [1.807, 2.05) is 0 Å². The SMILES string of the molecule is Cc1nc(N)c(C2CC(C)(C)NC(C)(C)C2)nc1-c1cc(F)c(-c2cn[nH]c2)cc1F. The molecule has 0 bridgehead atoms. The second-order valence-electron chi connectivity index (χ2n) is 9.72. The van der Waals surface area contributed by atoms with Crippen LogP contribution in [-0.4, -0.2) is 31.2 Å². The Morgan fingerprint density at radius 2 is 1.61 bits per heavy atom. The third-order valence-electron chi connectivity index (χ3n) is 5.82. The van der Waals surface area contributed by atoms with E-state index < -0.39 is 11.6 Å². The predicted octanol–water partition coefficient (Wildman–Crippen LogP) is 4.73. The number of nitrogens with two attached hydrogens (primary N) is 1. The molecule has 1 aromatic carbocycles. The van der Waals surface area contributed by atoms with Crippen LogP contribution in [0.4, 0.5) is 14.6 Å². The van der Waals surface area contributed by atoms with Gasteiger partial charge >= 0.3 is 0 Å². The Balaban J connectivity index is 1.80. The molecular formula is C23H28F2N6. The fraction of sp³-hybridized carbons (Fsp3) is 0.435. The van der Waals surface area contributed by atoms with Crippen LogP contribution in [0.5, 0.6) is 0 Å². The van der Waals surface area contributed by atoms with Gasteiger partial charge in [-0.1, -0.05) is 0 Å². The topological polar surface area (TPSA) is 92.5 Å². The first-order valence-electron chi connectivity index (χ1n) is 10.4. The fourth-order valence-electron chi connectivity index (χ4n) is 4.97. The number of nitrogens with zero attached hydrogens (tertiary/aromatic N) is 3. The summed E-state index contributed by atoms with van der Waals surface area (Å²) in [6.45, 7) is 10.3. The fourth-order valence-corrected chi connectivity index (χ4v) is 4.97. The van der Waals surface area contributed by atoms with E-state index in [9.17, 15) is 4.39 Å². The van der Waals surface area contributed by atoms with Gasteiger partial charge in [-0.05, 0) is 59.6 Å². The number of benzene rings is 1. The van der Waals surface area contributed by atoms with Crippen LogP contribution < -0.4 is 11.1 Å². The lowest BCUT2D eigenvalue weighted by Gasteiger charge is -2.46. The minimum absolute atomic E-state index is 0.0520. The Labute approximate surface area is 180 Å². The molecule has 0 unspecified atom stereocenters. The van der Waals surface area contributed by atoms with E-state index in [1.165, 1.54) is 24.5 Å². The van der Waals surface area contributed by atoms with Crippen LogP contribution >= 0.6 is 0 Å². The van der Waals surface area contributed by atoms with Crippen LogP contribution in [0.25, 0.3) is 22.4 Å². The minimum Gasteiger partial charge on any atom is -0.382 e.